The van der Waals surface area contributed by atoms with Gasteiger partial charge in [-0.15, -0.1) is 54.1 Å². The number of furan rings is 1. The van der Waals surface area contributed by atoms with Gasteiger partial charge in [-0.05, 0) is 54.4 Å². The smallest absolute Gasteiger partial charge is 0.121 e. The summed E-state index contributed by atoms with van der Waals surface area (Å²) in [6, 6.07) is 52.9. The molecule has 9 rings (SSSR count). The Morgan fingerprint density at radius 2 is 1.49 bits per heavy atom. The molecule has 0 spiro atoms. The maximum absolute atomic E-state index is 8.48. The van der Waals surface area contributed by atoms with Crippen LogP contribution in [-0.2, 0) is 20.1 Å². The Labute approximate surface area is 312 Å². The molecule has 0 fully saturated rings. The predicted molar refractivity (Wildman–Crippen MR) is 203 cm³/mol. The van der Waals surface area contributed by atoms with Gasteiger partial charge in [0.25, 0.3) is 0 Å². The van der Waals surface area contributed by atoms with E-state index in [1.165, 1.54) is 0 Å². The number of hydrogen-bond donors (Lipinski definition) is 0. The van der Waals surface area contributed by atoms with E-state index in [0.717, 1.165) is 83.8 Å². The molecule has 9 aromatic rings. The van der Waals surface area contributed by atoms with E-state index in [9.17, 15) is 0 Å². The van der Waals surface area contributed by atoms with Crippen LogP contribution in [0.2, 0.25) is 0 Å². The summed E-state index contributed by atoms with van der Waals surface area (Å²) in [6.07, 6.45) is 1.79. The van der Waals surface area contributed by atoms with E-state index >= 15 is 0 Å². The first-order valence-electron chi connectivity index (χ1n) is 17.1. The van der Waals surface area contributed by atoms with Crippen LogP contribution >= 0.6 is 0 Å². The summed E-state index contributed by atoms with van der Waals surface area (Å²) < 4.78 is 17.2. The Kier molecular flexibility index (Phi) is 9.35. The molecule has 0 aliphatic rings. The van der Waals surface area contributed by atoms with Crippen molar-refractivity contribution in [3.63, 3.8) is 0 Å². The van der Waals surface area contributed by atoms with Gasteiger partial charge in [-0.2, -0.15) is 0 Å². The Morgan fingerprint density at radius 1 is 0.725 bits per heavy atom. The molecular weight excluding hydrogens is 805 g/mol. The normalized spacial score (nSPS) is 11.5. The monoisotopic (exact) mass is 840 g/mol. The van der Waals surface area contributed by atoms with Crippen molar-refractivity contribution in [2.45, 2.75) is 26.7 Å². The van der Waals surface area contributed by atoms with Crippen molar-refractivity contribution in [2.24, 2.45) is 0 Å². The van der Waals surface area contributed by atoms with Crippen molar-refractivity contribution in [1.82, 2.24) is 19.5 Å². The Bertz CT molecular complexity index is 2580. The number of aryl methyl sites for hydroxylation is 1. The molecule has 0 bridgehead atoms. The summed E-state index contributed by atoms with van der Waals surface area (Å²) in [5.41, 5.74) is 10.8. The minimum absolute atomic E-state index is 0. The summed E-state index contributed by atoms with van der Waals surface area (Å²) in [5.74, 6) is 0.0294. The van der Waals surface area contributed by atoms with E-state index in [-0.39, 0.29) is 20.1 Å². The fourth-order valence-corrected chi connectivity index (χ4v) is 6.28. The summed E-state index contributed by atoms with van der Waals surface area (Å²) in [6.45, 7) is 5.78. The SMILES string of the molecule is [2H]C(C)(C)c1ccc2c(c1)oc1c(-c3nc4c(C)nc(-c5ccccc5)cc4n3-c3ccccc3)[c-]ccc12.[Ir].[c-]1ccccc1-c1ccccn1. The quantitative estimate of drug-likeness (QED) is 0.162. The van der Waals surface area contributed by atoms with Crippen molar-refractivity contribution in [3.8, 4) is 39.6 Å². The summed E-state index contributed by atoms with van der Waals surface area (Å²) in [5, 5.41) is 2.01. The van der Waals surface area contributed by atoms with Gasteiger partial charge in [0, 0.05) is 44.3 Å². The number of hydrogen-bond acceptors (Lipinski definition) is 4. The minimum atomic E-state index is -0.718. The topological polar surface area (TPSA) is 56.7 Å². The second kappa shape index (κ2) is 14.7. The van der Waals surface area contributed by atoms with Gasteiger partial charge in [0.05, 0.1) is 33.8 Å². The Morgan fingerprint density at radius 3 is 2.22 bits per heavy atom. The summed E-state index contributed by atoms with van der Waals surface area (Å²) >= 11 is 0. The van der Waals surface area contributed by atoms with E-state index in [1.54, 1.807) is 6.20 Å². The maximum Gasteiger partial charge on any atom is 0.121 e. The number of rotatable bonds is 5. The van der Waals surface area contributed by atoms with Crippen LogP contribution in [0, 0.1) is 19.1 Å². The van der Waals surface area contributed by atoms with Gasteiger partial charge in [0.15, 0.2) is 0 Å². The molecule has 0 unspecified atom stereocenters. The van der Waals surface area contributed by atoms with Gasteiger partial charge in [0.2, 0.25) is 0 Å². The van der Waals surface area contributed by atoms with Crippen LogP contribution in [0.3, 0.4) is 0 Å². The average Bonchev–Trinajstić information content (AvgIpc) is 3.75. The van der Waals surface area contributed by atoms with Crippen LogP contribution < -0.4 is 0 Å². The Balaban J connectivity index is 0.000000275. The van der Waals surface area contributed by atoms with E-state index in [0.29, 0.717) is 0 Å². The zero-order valence-electron chi connectivity index (χ0n) is 29.4. The third-order valence-corrected chi connectivity index (χ3v) is 8.79. The first kappa shape index (κ1) is 32.5. The van der Waals surface area contributed by atoms with Gasteiger partial charge in [-0.3, -0.25) is 9.97 Å². The van der Waals surface area contributed by atoms with E-state index in [1.807, 2.05) is 124 Å². The molecule has 0 amide bonds. The average molecular weight is 840 g/mol. The first-order chi connectivity index (χ1) is 24.8. The van der Waals surface area contributed by atoms with Gasteiger partial charge in [-0.25, -0.2) is 0 Å². The molecule has 4 heterocycles. The fourth-order valence-electron chi connectivity index (χ4n) is 6.28. The van der Waals surface area contributed by atoms with Gasteiger partial charge < -0.3 is 14.0 Å². The van der Waals surface area contributed by atoms with Crippen molar-refractivity contribution >= 4 is 33.0 Å². The molecule has 0 saturated carbocycles. The summed E-state index contributed by atoms with van der Waals surface area (Å²) in [4.78, 5) is 14.3. The molecule has 5 aromatic carbocycles. The van der Waals surface area contributed by atoms with Gasteiger partial charge in [0.1, 0.15) is 5.58 Å². The van der Waals surface area contributed by atoms with Gasteiger partial charge in [-0.1, -0.05) is 97.6 Å². The van der Waals surface area contributed by atoms with Crippen LogP contribution in [0.25, 0.3) is 72.6 Å². The molecule has 0 atom stereocenters. The number of fused-ring (bicyclic) bond motifs is 4. The van der Waals surface area contributed by atoms with Crippen LogP contribution in [0.15, 0.2) is 150 Å². The number of nitrogens with zero attached hydrogens (tertiary/aromatic N) is 4. The number of benzene rings is 5. The van der Waals surface area contributed by atoms with Crippen LogP contribution in [0.1, 0.15) is 32.4 Å². The fraction of sp³-hybridized carbons (Fsp3) is 0.0889. The first-order valence-corrected chi connectivity index (χ1v) is 16.6. The molecule has 51 heavy (non-hydrogen) atoms. The van der Waals surface area contributed by atoms with Crippen LogP contribution in [0.4, 0.5) is 0 Å². The zero-order valence-corrected chi connectivity index (χ0v) is 30.8. The number of pyridine rings is 2. The second-order valence-electron chi connectivity index (χ2n) is 12.3. The molecule has 6 heteroatoms. The molecular formula is C45H34IrN4O-2. The van der Waals surface area contributed by atoms with E-state index in [4.69, 9.17) is 15.8 Å². The van der Waals surface area contributed by atoms with Crippen molar-refractivity contribution < 1.29 is 25.9 Å². The maximum atomic E-state index is 8.48. The molecule has 0 aliphatic carbocycles. The molecule has 4 aromatic heterocycles. The van der Waals surface area contributed by atoms with Gasteiger partial charge >= 0.3 is 0 Å². The standard InChI is InChI=1S/C34H26N3O.C11H8N.Ir/c1-21(2)24-17-18-26-27-15-10-16-28(33(27)38-31(26)19-24)34-36-32-22(3)35-29(23-11-6-4-7-12-23)20-30(32)37(34)25-13-8-5-9-14-25;1-2-6-10(7-3-1)11-8-4-5-9-12-11;/h4-15,17-21H,1-3H3;1-6,8-9H;/q2*-1;/i21D;;. The van der Waals surface area contributed by atoms with Crippen LogP contribution in [-0.4, -0.2) is 19.5 Å². The van der Waals surface area contributed by atoms with Crippen molar-refractivity contribution in [3.05, 3.63) is 169 Å². The third-order valence-electron chi connectivity index (χ3n) is 8.79. The molecule has 0 saturated heterocycles. The molecule has 5 nitrogen and oxygen atoms in total. The molecule has 1 radical (unpaired) electrons. The van der Waals surface area contributed by atoms with E-state index < -0.39 is 5.89 Å². The second-order valence-corrected chi connectivity index (χ2v) is 12.3. The molecule has 251 valence electrons. The summed E-state index contributed by atoms with van der Waals surface area (Å²) in [7, 11) is 0. The van der Waals surface area contributed by atoms with Crippen molar-refractivity contribution in [1.29, 1.82) is 0 Å². The van der Waals surface area contributed by atoms with Crippen molar-refractivity contribution in [2.75, 3.05) is 0 Å². The molecule has 0 N–H and O–H groups in total. The van der Waals surface area contributed by atoms with E-state index in [2.05, 4.69) is 58.1 Å². The Hall–Kier alpha value is -5.68. The van der Waals surface area contributed by atoms with Crippen LogP contribution in [0.5, 0.6) is 0 Å². The number of para-hydroxylation sites is 1. The zero-order chi connectivity index (χ0) is 35.0. The predicted octanol–water partition coefficient (Wildman–Crippen LogP) is 11.4. The third kappa shape index (κ3) is 6.64. The number of aromatic nitrogens is 4. The molecule has 0 aliphatic heterocycles. The number of imidazole rings is 1. The largest absolute Gasteiger partial charge is 0.501 e. The minimum Gasteiger partial charge on any atom is -0.501 e.